The smallest absolute Gasteiger partial charge is 0.242 e. The number of carbonyl (C=O) groups is 2. The molecule has 38 heavy (non-hydrogen) atoms. The fraction of sp³-hybridized carbons (Fsp3) is 0.533. The van der Waals surface area contributed by atoms with Gasteiger partial charge in [0.05, 0.1) is 11.9 Å². The average molecular weight is 542 g/mol. The Bertz CT molecular complexity index is 1180. The van der Waals surface area contributed by atoms with Crippen LogP contribution in [0.2, 0.25) is 0 Å². The van der Waals surface area contributed by atoms with Crippen LogP contribution in [-0.4, -0.2) is 56.6 Å². The number of carbonyl (C=O) groups excluding carboxylic acids is 2. The first-order chi connectivity index (χ1) is 18.1. The van der Waals surface area contributed by atoms with Gasteiger partial charge in [0.1, 0.15) is 6.04 Å². The Morgan fingerprint density at radius 3 is 2.34 bits per heavy atom. The molecule has 1 aliphatic rings. The van der Waals surface area contributed by atoms with Gasteiger partial charge in [-0.1, -0.05) is 61.7 Å². The average Bonchev–Trinajstić information content (AvgIpc) is 2.88. The third-order valence-corrected chi connectivity index (χ3v) is 8.57. The summed E-state index contributed by atoms with van der Waals surface area (Å²) < 4.78 is 26.6. The monoisotopic (exact) mass is 541 g/mol. The molecule has 0 saturated heterocycles. The molecule has 2 aromatic rings. The maximum absolute atomic E-state index is 13.5. The van der Waals surface area contributed by atoms with E-state index >= 15 is 0 Å². The molecule has 0 aliphatic heterocycles. The van der Waals surface area contributed by atoms with Crippen molar-refractivity contribution in [2.24, 2.45) is 0 Å². The molecule has 7 nitrogen and oxygen atoms in total. The molecular formula is C30H43N3O4S. The molecule has 0 aromatic heterocycles. The summed E-state index contributed by atoms with van der Waals surface area (Å²) in [4.78, 5) is 28.3. The van der Waals surface area contributed by atoms with Gasteiger partial charge in [-0.05, 0) is 69.2 Å². The molecule has 0 spiro atoms. The Morgan fingerprint density at radius 1 is 1.00 bits per heavy atom. The van der Waals surface area contributed by atoms with Crippen LogP contribution in [0.5, 0.6) is 0 Å². The molecule has 3 rings (SSSR count). The molecule has 0 bridgehead atoms. The van der Waals surface area contributed by atoms with Crippen LogP contribution < -0.4 is 9.62 Å². The second-order valence-corrected chi connectivity index (χ2v) is 12.5. The zero-order valence-corrected chi connectivity index (χ0v) is 24.1. The number of amides is 2. The second-order valence-electron chi connectivity index (χ2n) is 10.6. The van der Waals surface area contributed by atoms with E-state index < -0.39 is 16.1 Å². The van der Waals surface area contributed by atoms with Crippen LogP contribution in [0.25, 0.3) is 0 Å². The largest absolute Gasteiger partial charge is 0.352 e. The van der Waals surface area contributed by atoms with Gasteiger partial charge < -0.3 is 10.2 Å². The van der Waals surface area contributed by atoms with Crippen molar-refractivity contribution in [2.45, 2.75) is 84.2 Å². The molecule has 8 heteroatoms. The first-order valence-corrected chi connectivity index (χ1v) is 15.6. The highest BCUT2D eigenvalue weighted by Gasteiger charge is 2.28. The van der Waals surface area contributed by atoms with E-state index in [1.54, 1.807) is 11.8 Å². The van der Waals surface area contributed by atoms with Crippen LogP contribution in [0.3, 0.4) is 0 Å². The predicted molar refractivity (Wildman–Crippen MR) is 154 cm³/mol. The fourth-order valence-corrected chi connectivity index (χ4v) is 6.12. The zero-order chi connectivity index (χ0) is 27.7. The lowest BCUT2D eigenvalue weighted by Crippen LogP contribution is -2.51. The number of nitrogens with one attached hydrogen (secondary N) is 1. The standard InChI is InChI=1S/C30H43N3O4S/c1-23-17-18-24(2)28(22-23)33(38(4,36)37)20-11-16-29(34)32(21-19-26-12-7-5-8-13-26)25(3)30(35)31-27-14-9-6-10-15-27/h5,7-8,12-13,17-18,22,25,27H,6,9-11,14-16,19-21H2,1-4H3,(H,31,35)/t25-/m0/s1. The Hall–Kier alpha value is -2.87. The van der Waals surface area contributed by atoms with Crippen LogP contribution >= 0.6 is 0 Å². The van der Waals surface area contributed by atoms with Crippen molar-refractivity contribution in [2.75, 3.05) is 23.7 Å². The SMILES string of the molecule is Cc1ccc(C)c(N(CCCC(=O)N(CCc2ccccc2)[C@@H](C)C(=O)NC2CCCCC2)S(C)(=O)=O)c1. The maximum atomic E-state index is 13.5. The van der Waals surface area contributed by atoms with E-state index in [-0.39, 0.29) is 30.8 Å². The summed E-state index contributed by atoms with van der Waals surface area (Å²) >= 11 is 0. The van der Waals surface area contributed by atoms with E-state index in [0.29, 0.717) is 25.1 Å². The number of hydrogen-bond donors (Lipinski definition) is 1. The van der Waals surface area contributed by atoms with Gasteiger partial charge >= 0.3 is 0 Å². The minimum Gasteiger partial charge on any atom is -0.352 e. The van der Waals surface area contributed by atoms with Crippen LogP contribution in [0, 0.1) is 13.8 Å². The lowest BCUT2D eigenvalue weighted by molar-refractivity contribution is -0.140. The van der Waals surface area contributed by atoms with Gasteiger partial charge in [-0.3, -0.25) is 13.9 Å². The number of aryl methyl sites for hydroxylation is 2. The first-order valence-electron chi connectivity index (χ1n) is 13.7. The summed E-state index contributed by atoms with van der Waals surface area (Å²) in [6.07, 6.45) is 7.76. The highest BCUT2D eigenvalue weighted by Crippen LogP contribution is 2.25. The molecule has 2 aromatic carbocycles. The molecule has 1 atom stereocenters. The highest BCUT2D eigenvalue weighted by atomic mass is 32.2. The second kappa shape index (κ2) is 13.8. The molecule has 0 radical (unpaired) electrons. The Kier molecular flexibility index (Phi) is 10.8. The Balaban J connectivity index is 1.69. The normalized spacial score (nSPS) is 15.1. The van der Waals surface area contributed by atoms with Gasteiger partial charge in [0.15, 0.2) is 0 Å². The number of benzene rings is 2. The number of rotatable bonds is 12. The summed E-state index contributed by atoms with van der Waals surface area (Å²) in [5.41, 5.74) is 3.58. The highest BCUT2D eigenvalue weighted by molar-refractivity contribution is 7.92. The van der Waals surface area contributed by atoms with Gasteiger partial charge in [0.2, 0.25) is 21.8 Å². The van der Waals surface area contributed by atoms with Crippen molar-refractivity contribution in [1.82, 2.24) is 10.2 Å². The molecule has 1 aliphatic carbocycles. The number of anilines is 1. The minimum atomic E-state index is -3.52. The Morgan fingerprint density at radius 2 is 1.68 bits per heavy atom. The van der Waals surface area contributed by atoms with E-state index in [0.717, 1.165) is 42.4 Å². The Labute approximate surface area is 228 Å². The van der Waals surface area contributed by atoms with Gasteiger partial charge in [0, 0.05) is 25.6 Å². The molecular weight excluding hydrogens is 498 g/mol. The first kappa shape index (κ1) is 29.7. The molecule has 0 unspecified atom stereocenters. The van der Waals surface area contributed by atoms with Crippen molar-refractivity contribution >= 4 is 27.5 Å². The molecule has 1 N–H and O–H groups in total. The molecule has 0 heterocycles. The topological polar surface area (TPSA) is 86.8 Å². The van der Waals surface area contributed by atoms with Crippen molar-refractivity contribution in [1.29, 1.82) is 0 Å². The van der Waals surface area contributed by atoms with Crippen LogP contribution in [-0.2, 0) is 26.0 Å². The van der Waals surface area contributed by atoms with Crippen molar-refractivity contribution in [3.05, 3.63) is 65.2 Å². The number of sulfonamides is 1. The third-order valence-electron chi connectivity index (χ3n) is 7.39. The van der Waals surface area contributed by atoms with E-state index in [4.69, 9.17) is 0 Å². The summed E-state index contributed by atoms with van der Waals surface area (Å²) in [5, 5.41) is 3.16. The lowest BCUT2D eigenvalue weighted by atomic mass is 9.95. The van der Waals surface area contributed by atoms with Crippen molar-refractivity contribution in [3.8, 4) is 0 Å². The molecule has 208 valence electrons. The van der Waals surface area contributed by atoms with Crippen LogP contribution in [0.4, 0.5) is 5.69 Å². The van der Waals surface area contributed by atoms with Gasteiger partial charge in [0.25, 0.3) is 0 Å². The zero-order valence-electron chi connectivity index (χ0n) is 23.3. The van der Waals surface area contributed by atoms with Crippen LogP contribution in [0.1, 0.15) is 68.6 Å². The number of nitrogens with zero attached hydrogens (tertiary/aromatic N) is 2. The molecule has 1 fully saturated rings. The quantitative estimate of drug-likeness (QED) is 0.420. The van der Waals surface area contributed by atoms with Gasteiger partial charge in [-0.15, -0.1) is 0 Å². The third kappa shape index (κ3) is 8.58. The van der Waals surface area contributed by atoms with E-state index in [9.17, 15) is 18.0 Å². The van der Waals surface area contributed by atoms with Crippen molar-refractivity contribution < 1.29 is 18.0 Å². The van der Waals surface area contributed by atoms with Crippen LogP contribution in [0.15, 0.2) is 48.5 Å². The van der Waals surface area contributed by atoms with E-state index in [1.165, 1.54) is 17.0 Å². The minimum absolute atomic E-state index is 0.119. The summed E-state index contributed by atoms with van der Waals surface area (Å²) in [5.74, 6) is -0.256. The summed E-state index contributed by atoms with van der Waals surface area (Å²) in [6.45, 7) is 6.23. The van der Waals surface area contributed by atoms with Gasteiger partial charge in [-0.2, -0.15) is 0 Å². The molecule has 1 saturated carbocycles. The van der Waals surface area contributed by atoms with Crippen molar-refractivity contribution in [3.63, 3.8) is 0 Å². The summed E-state index contributed by atoms with van der Waals surface area (Å²) in [7, 11) is -3.52. The fourth-order valence-electron chi connectivity index (χ4n) is 5.11. The lowest BCUT2D eigenvalue weighted by Gasteiger charge is -2.31. The molecule has 2 amide bonds. The predicted octanol–water partition coefficient (Wildman–Crippen LogP) is 4.76. The summed E-state index contributed by atoms with van der Waals surface area (Å²) in [6, 6.07) is 15.2. The number of hydrogen-bond acceptors (Lipinski definition) is 4. The van der Waals surface area contributed by atoms with E-state index in [1.807, 2.05) is 62.4 Å². The van der Waals surface area contributed by atoms with E-state index in [2.05, 4.69) is 5.32 Å². The van der Waals surface area contributed by atoms with Gasteiger partial charge in [-0.25, -0.2) is 8.42 Å². The maximum Gasteiger partial charge on any atom is 0.242 e.